The highest BCUT2D eigenvalue weighted by atomic mass is 127. The van der Waals surface area contributed by atoms with Gasteiger partial charge in [0, 0.05) is 29.4 Å². The number of morpholine rings is 1. The van der Waals surface area contributed by atoms with Crippen molar-refractivity contribution in [2.24, 2.45) is 0 Å². The molecule has 58 valence electrons. The van der Waals surface area contributed by atoms with Crippen LogP contribution in [0.1, 0.15) is 0 Å². The van der Waals surface area contributed by atoms with Crippen LogP contribution in [0.3, 0.4) is 0 Å². The zero-order valence-electron chi connectivity index (χ0n) is 5.62. The molecule has 3 nitrogen and oxygen atoms in total. The SMILES string of the molecule is IN1CCOC2COCC21. The highest BCUT2D eigenvalue weighted by Crippen LogP contribution is 2.22. The summed E-state index contributed by atoms with van der Waals surface area (Å²) >= 11 is 2.35. The van der Waals surface area contributed by atoms with Gasteiger partial charge in [0.05, 0.1) is 32.0 Å². The second kappa shape index (κ2) is 2.92. The first-order chi connectivity index (χ1) is 4.88. The van der Waals surface area contributed by atoms with Crippen LogP contribution in [-0.4, -0.2) is 41.6 Å². The maximum absolute atomic E-state index is 5.50. The van der Waals surface area contributed by atoms with Gasteiger partial charge in [-0.1, -0.05) is 0 Å². The molecular weight excluding hydrogens is 245 g/mol. The fraction of sp³-hybridized carbons (Fsp3) is 1.00. The van der Waals surface area contributed by atoms with Crippen LogP contribution < -0.4 is 0 Å². The third kappa shape index (κ3) is 1.17. The van der Waals surface area contributed by atoms with E-state index in [1.54, 1.807) is 0 Å². The van der Waals surface area contributed by atoms with Crippen molar-refractivity contribution in [3.05, 3.63) is 0 Å². The smallest absolute Gasteiger partial charge is 0.0994 e. The number of nitrogens with zero attached hydrogens (tertiary/aromatic N) is 1. The van der Waals surface area contributed by atoms with Gasteiger partial charge in [0.2, 0.25) is 0 Å². The molecule has 2 fully saturated rings. The average Bonchev–Trinajstić information content (AvgIpc) is 2.36. The number of hydrogen-bond donors (Lipinski definition) is 0. The molecule has 0 aliphatic carbocycles. The highest BCUT2D eigenvalue weighted by Gasteiger charge is 2.35. The van der Waals surface area contributed by atoms with Gasteiger partial charge < -0.3 is 9.47 Å². The molecule has 0 saturated carbocycles. The Morgan fingerprint density at radius 3 is 3.10 bits per heavy atom. The normalized spacial score (nSPS) is 41.7. The topological polar surface area (TPSA) is 21.7 Å². The molecule has 0 bridgehead atoms. The van der Waals surface area contributed by atoms with Crippen molar-refractivity contribution in [1.29, 1.82) is 0 Å². The molecule has 0 aromatic rings. The van der Waals surface area contributed by atoms with Gasteiger partial charge in [-0.3, -0.25) is 0 Å². The lowest BCUT2D eigenvalue weighted by Crippen LogP contribution is -2.45. The Morgan fingerprint density at radius 2 is 2.30 bits per heavy atom. The van der Waals surface area contributed by atoms with Crippen LogP contribution >= 0.6 is 22.9 Å². The predicted octanol–water partition coefficient (Wildman–Crippen LogP) is 0.436. The van der Waals surface area contributed by atoms with E-state index in [9.17, 15) is 0 Å². The zero-order chi connectivity index (χ0) is 6.97. The van der Waals surface area contributed by atoms with Crippen LogP contribution in [0.25, 0.3) is 0 Å². The fourth-order valence-corrected chi connectivity index (χ4v) is 2.12. The van der Waals surface area contributed by atoms with Gasteiger partial charge in [0.15, 0.2) is 0 Å². The molecule has 0 aromatic heterocycles. The van der Waals surface area contributed by atoms with E-state index in [-0.39, 0.29) is 0 Å². The third-order valence-electron chi connectivity index (χ3n) is 2.00. The van der Waals surface area contributed by atoms with Crippen molar-refractivity contribution in [3.8, 4) is 0 Å². The molecule has 2 heterocycles. The Bertz CT molecular complexity index is 133. The number of halogens is 1. The third-order valence-corrected chi connectivity index (χ3v) is 3.19. The lowest BCUT2D eigenvalue weighted by atomic mass is 10.2. The van der Waals surface area contributed by atoms with E-state index >= 15 is 0 Å². The summed E-state index contributed by atoms with van der Waals surface area (Å²) in [6, 6.07) is 0.509. The van der Waals surface area contributed by atoms with Gasteiger partial charge in [-0.05, 0) is 0 Å². The van der Waals surface area contributed by atoms with Crippen LogP contribution in [0, 0.1) is 0 Å². The Labute approximate surface area is 74.2 Å². The predicted molar refractivity (Wildman–Crippen MR) is 45.1 cm³/mol. The lowest BCUT2D eigenvalue weighted by molar-refractivity contribution is -0.0101. The van der Waals surface area contributed by atoms with E-state index in [4.69, 9.17) is 9.47 Å². The van der Waals surface area contributed by atoms with E-state index in [2.05, 4.69) is 26.0 Å². The summed E-state index contributed by atoms with van der Waals surface area (Å²) in [7, 11) is 0. The van der Waals surface area contributed by atoms with Crippen molar-refractivity contribution >= 4 is 22.9 Å². The van der Waals surface area contributed by atoms with E-state index in [0.717, 1.165) is 26.4 Å². The summed E-state index contributed by atoms with van der Waals surface area (Å²) in [6.07, 6.45) is 0.339. The Kier molecular flexibility index (Phi) is 2.13. The minimum atomic E-state index is 0.339. The molecule has 2 unspecified atom stereocenters. The van der Waals surface area contributed by atoms with Gasteiger partial charge in [-0.25, -0.2) is 3.11 Å². The van der Waals surface area contributed by atoms with Crippen molar-refractivity contribution in [2.45, 2.75) is 12.1 Å². The van der Waals surface area contributed by atoms with Gasteiger partial charge in [0.1, 0.15) is 0 Å². The molecular formula is C6H10INO2. The minimum absolute atomic E-state index is 0.339. The van der Waals surface area contributed by atoms with E-state index in [1.165, 1.54) is 0 Å². The van der Waals surface area contributed by atoms with Gasteiger partial charge >= 0.3 is 0 Å². The van der Waals surface area contributed by atoms with Crippen molar-refractivity contribution in [1.82, 2.24) is 3.11 Å². The molecule has 2 atom stereocenters. The molecule has 0 N–H and O–H groups in total. The molecule has 2 rings (SSSR count). The standard InChI is InChI=1S/C6H10INO2/c7-8-1-2-10-6-4-9-3-5(6)8/h5-6H,1-4H2. The number of rotatable bonds is 0. The second-order valence-corrected chi connectivity index (χ2v) is 3.88. The summed E-state index contributed by atoms with van der Waals surface area (Å²) < 4.78 is 13.1. The average molecular weight is 255 g/mol. The molecule has 0 spiro atoms. The zero-order valence-corrected chi connectivity index (χ0v) is 7.78. The first kappa shape index (κ1) is 7.27. The first-order valence-electron chi connectivity index (χ1n) is 3.50. The Morgan fingerprint density at radius 1 is 1.40 bits per heavy atom. The number of ether oxygens (including phenoxy) is 2. The molecule has 2 aliphatic rings. The maximum atomic E-state index is 5.50. The van der Waals surface area contributed by atoms with Crippen LogP contribution in [0.5, 0.6) is 0 Å². The molecule has 0 radical (unpaired) electrons. The molecule has 0 amide bonds. The van der Waals surface area contributed by atoms with Crippen molar-refractivity contribution in [2.75, 3.05) is 26.4 Å². The molecule has 4 heteroatoms. The quantitative estimate of drug-likeness (QED) is 0.463. The summed E-state index contributed by atoms with van der Waals surface area (Å²) in [4.78, 5) is 0. The largest absolute Gasteiger partial charge is 0.377 e. The van der Waals surface area contributed by atoms with Gasteiger partial charge in [0.25, 0.3) is 0 Å². The summed E-state index contributed by atoms with van der Waals surface area (Å²) in [5.74, 6) is 0. The number of fused-ring (bicyclic) bond motifs is 1. The molecule has 2 saturated heterocycles. The van der Waals surface area contributed by atoms with Crippen LogP contribution in [0.4, 0.5) is 0 Å². The number of hydrogen-bond acceptors (Lipinski definition) is 3. The van der Waals surface area contributed by atoms with Gasteiger partial charge in [-0.2, -0.15) is 0 Å². The Balaban J connectivity index is 2.03. The van der Waals surface area contributed by atoms with Crippen LogP contribution in [0.15, 0.2) is 0 Å². The molecule has 10 heavy (non-hydrogen) atoms. The minimum Gasteiger partial charge on any atom is -0.377 e. The maximum Gasteiger partial charge on any atom is 0.0994 e. The van der Waals surface area contributed by atoms with Crippen molar-refractivity contribution < 1.29 is 9.47 Å². The summed E-state index contributed by atoms with van der Waals surface area (Å²) in [6.45, 7) is 3.51. The lowest BCUT2D eigenvalue weighted by Gasteiger charge is -2.31. The monoisotopic (exact) mass is 255 g/mol. The van der Waals surface area contributed by atoms with E-state index in [1.807, 2.05) is 0 Å². The van der Waals surface area contributed by atoms with Crippen LogP contribution in [-0.2, 0) is 9.47 Å². The second-order valence-electron chi connectivity index (χ2n) is 2.64. The van der Waals surface area contributed by atoms with Crippen LogP contribution in [0.2, 0.25) is 0 Å². The highest BCUT2D eigenvalue weighted by molar-refractivity contribution is 14.1. The summed E-state index contributed by atoms with van der Waals surface area (Å²) in [5, 5.41) is 0. The van der Waals surface area contributed by atoms with E-state index in [0.29, 0.717) is 12.1 Å². The fourth-order valence-electron chi connectivity index (χ4n) is 1.40. The Hall–Kier alpha value is 0.610. The molecule has 2 aliphatic heterocycles. The van der Waals surface area contributed by atoms with Crippen molar-refractivity contribution in [3.63, 3.8) is 0 Å². The molecule has 0 aromatic carbocycles. The van der Waals surface area contributed by atoms with E-state index < -0.39 is 0 Å². The first-order valence-corrected chi connectivity index (χ1v) is 4.46. The van der Waals surface area contributed by atoms with Gasteiger partial charge in [-0.15, -0.1) is 0 Å². The summed E-state index contributed by atoms with van der Waals surface area (Å²) in [5.41, 5.74) is 0.